The highest BCUT2D eigenvalue weighted by atomic mass is 16.5. The predicted molar refractivity (Wildman–Crippen MR) is 84.8 cm³/mol. The van der Waals surface area contributed by atoms with Crippen molar-refractivity contribution >= 4 is 17.9 Å². The minimum atomic E-state index is -0.750. The van der Waals surface area contributed by atoms with Crippen LogP contribution in [0.3, 0.4) is 0 Å². The number of hydrogen-bond acceptors (Lipinski definition) is 5. The first-order chi connectivity index (χ1) is 11.4. The van der Waals surface area contributed by atoms with Crippen LogP contribution in [-0.2, 0) is 14.3 Å². The van der Waals surface area contributed by atoms with E-state index in [-0.39, 0.29) is 18.9 Å². The minimum absolute atomic E-state index is 0.225. The number of benzene rings is 1. The molecule has 0 radical (unpaired) electrons. The third-order valence-electron chi connectivity index (χ3n) is 3.43. The lowest BCUT2D eigenvalue weighted by Gasteiger charge is -2.33. The highest BCUT2D eigenvalue weighted by Crippen LogP contribution is 2.31. The van der Waals surface area contributed by atoms with Crippen molar-refractivity contribution in [3.8, 4) is 5.75 Å². The molecule has 1 aliphatic heterocycles. The molecule has 128 valence electrons. The Morgan fingerprint density at radius 3 is 2.54 bits per heavy atom. The summed E-state index contributed by atoms with van der Waals surface area (Å²) in [5.41, 5.74) is 5.97. The number of carbonyl (C=O) groups is 3. The Labute approximate surface area is 139 Å². The molecule has 1 heterocycles. The Morgan fingerprint density at radius 1 is 1.29 bits per heavy atom. The second kappa shape index (κ2) is 7.49. The number of amides is 3. The van der Waals surface area contributed by atoms with Crippen molar-refractivity contribution in [2.75, 3.05) is 13.2 Å². The van der Waals surface area contributed by atoms with Crippen molar-refractivity contribution in [1.82, 2.24) is 10.6 Å². The maximum Gasteiger partial charge on any atom is 0.319 e. The zero-order chi connectivity index (χ0) is 17.7. The van der Waals surface area contributed by atoms with Crippen LogP contribution >= 0.6 is 0 Å². The molecule has 4 N–H and O–H groups in total. The van der Waals surface area contributed by atoms with Crippen LogP contribution in [0.25, 0.3) is 0 Å². The van der Waals surface area contributed by atoms with E-state index in [1.165, 1.54) is 0 Å². The second-order valence-corrected chi connectivity index (χ2v) is 5.16. The van der Waals surface area contributed by atoms with E-state index in [2.05, 4.69) is 17.2 Å². The number of rotatable bonds is 6. The van der Waals surface area contributed by atoms with Gasteiger partial charge in [0.25, 0.3) is 5.91 Å². The summed E-state index contributed by atoms with van der Waals surface area (Å²) in [5, 5.41) is 5.19. The molecular formula is C16H19N3O5. The molecule has 2 atom stereocenters. The molecule has 1 aromatic carbocycles. The Morgan fingerprint density at radius 2 is 1.96 bits per heavy atom. The van der Waals surface area contributed by atoms with Gasteiger partial charge in [0, 0.05) is 5.70 Å². The van der Waals surface area contributed by atoms with Crippen LogP contribution in [0.1, 0.15) is 18.5 Å². The summed E-state index contributed by atoms with van der Waals surface area (Å²) in [7, 11) is 0. The smallest absolute Gasteiger partial charge is 0.319 e. The average Bonchev–Trinajstić information content (AvgIpc) is 2.52. The van der Waals surface area contributed by atoms with Crippen LogP contribution in [-0.4, -0.2) is 31.1 Å². The van der Waals surface area contributed by atoms with E-state index in [0.29, 0.717) is 11.3 Å². The van der Waals surface area contributed by atoms with Crippen LogP contribution in [0, 0.1) is 5.92 Å². The van der Waals surface area contributed by atoms with Crippen molar-refractivity contribution in [2.24, 2.45) is 11.7 Å². The molecule has 1 fully saturated rings. The van der Waals surface area contributed by atoms with Gasteiger partial charge in [0.1, 0.15) is 11.7 Å². The molecular weight excluding hydrogens is 314 g/mol. The van der Waals surface area contributed by atoms with Gasteiger partial charge in [-0.3, -0.25) is 9.59 Å². The first kappa shape index (κ1) is 17.3. The summed E-state index contributed by atoms with van der Waals surface area (Å²) in [6.45, 7) is 5.44. The zero-order valence-electron chi connectivity index (χ0n) is 13.2. The molecule has 0 spiro atoms. The number of nitrogens with two attached hydrogens (primary N) is 1. The Bertz CT molecular complexity index is 656. The number of primary amides is 1. The van der Waals surface area contributed by atoms with Crippen molar-refractivity contribution in [1.29, 1.82) is 0 Å². The number of hydrogen-bond donors (Lipinski definition) is 3. The maximum absolute atomic E-state index is 12.2. The topological polar surface area (TPSA) is 120 Å². The van der Waals surface area contributed by atoms with Gasteiger partial charge in [-0.1, -0.05) is 18.7 Å². The Hall–Kier alpha value is -3.03. The molecule has 24 heavy (non-hydrogen) atoms. The molecule has 2 unspecified atom stereocenters. The number of nitrogens with one attached hydrogen (secondary N) is 2. The third kappa shape index (κ3) is 4.03. The lowest BCUT2D eigenvalue weighted by atomic mass is 9.89. The number of esters is 1. The minimum Gasteiger partial charge on any atom is -0.484 e. The predicted octanol–water partition coefficient (Wildman–Crippen LogP) is 0.598. The molecule has 1 aromatic rings. The van der Waals surface area contributed by atoms with Crippen LogP contribution in [0.5, 0.6) is 5.75 Å². The summed E-state index contributed by atoms with van der Waals surface area (Å²) in [5.74, 6) is -1.36. The zero-order valence-corrected chi connectivity index (χ0v) is 13.2. The van der Waals surface area contributed by atoms with Crippen molar-refractivity contribution < 1.29 is 23.9 Å². The first-order valence-electron chi connectivity index (χ1n) is 7.36. The standard InChI is InChI=1S/C16H19N3O5/c1-3-23-15(21)13-9(2)18-16(22)19-14(13)10-4-6-11(7-5-10)24-8-12(17)20/h4-7,13-14H,2-3,8H2,1H3,(H2,17,20)(H2,18,19,22). The summed E-state index contributed by atoms with van der Waals surface area (Å²) >= 11 is 0. The monoisotopic (exact) mass is 333 g/mol. The Balaban J connectivity index is 2.21. The molecule has 0 saturated carbocycles. The second-order valence-electron chi connectivity index (χ2n) is 5.16. The fraction of sp³-hybridized carbons (Fsp3) is 0.312. The van der Waals surface area contributed by atoms with Gasteiger partial charge in [0.2, 0.25) is 0 Å². The van der Waals surface area contributed by atoms with Crippen LogP contribution in [0.4, 0.5) is 4.79 Å². The van der Waals surface area contributed by atoms with Gasteiger partial charge in [0.15, 0.2) is 6.61 Å². The summed E-state index contributed by atoms with van der Waals surface area (Å²) in [6, 6.07) is 5.56. The molecule has 8 heteroatoms. The molecule has 0 bridgehead atoms. The largest absolute Gasteiger partial charge is 0.484 e. The first-order valence-corrected chi connectivity index (χ1v) is 7.36. The lowest BCUT2D eigenvalue weighted by molar-refractivity contribution is -0.147. The van der Waals surface area contributed by atoms with Crippen molar-refractivity contribution in [3.63, 3.8) is 0 Å². The fourth-order valence-corrected chi connectivity index (χ4v) is 2.40. The highest BCUT2D eigenvalue weighted by molar-refractivity contribution is 5.85. The van der Waals surface area contributed by atoms with Gasteiger partial charge in [-0.05, 0) is 24.6 Å². The quantitative estimate of drug-likeness (QED) is 0.658. The van der Waals surface area contributed by atoms with E-state index in [9.17, 15) is 14.4 Å². The number of ether oxygens (including phenoxy) is 2. The molecule has 1 aliphatic rings. The van der Waals surface area contributed by atoms with Gasteiger partial charge < -0.3 is 25.8 Å². The molecule has 1 saturated heterocycles. The van der Waals surface area contributed by atoms with Gasteiger partial charge in [0.05, 0.1) is 12.6 Å². The maximum atomic E-state index is 12.2. The SMILES string of the molecule is C=C1NC(=O)NC(c2ccc(OCC(N)=O)cc2)C1C(=O)OCC. The van der Waals surface area contributed by atoms with E-state index in [1.807, 2.05) is 0 Å². The average molecular weight is 333 g/mol. The van der Waals surface area contributed by atoms with Crippen LogP contribution < -0.4 is 21.1 Å². The molecule has 2 rings (SSSR count). The summed E-state index contributed by atoms with van der Waals surface area (Å²) < 4.78 is 10.2. The normalized spacial score (nSPS) is 19.9. The number of carbonyl (C=O) groups excluding carboxylic acids is 3. The molecule has 0 aliphatic carbocycles. The van der Waals surface area contributed by atoms with E-state index in [1.54, 1.807) is 31.2 Å². The van der Waals surface area contributed by atoms with E-state index in [4.69, 9.17) is 15.2 Å². The van der Waals surface area contributed by atoms with E-state index in [0.717, 1.165) is 0 Å². The van der Waals surface area contributed by atoms with E-state index >= 15 is 0 Å². The van der Waals surface area contributed by atoms with Gasteiger partial charge in [-0.2, -0.15) is 0 Å². The van der Waals surface area contributed by atoms with Gasteiger partial charge in [-0.25, -0.2) is 4.79 Å². The van der Waals surface area contributed by atoms with Crippen LogP contribution in [0.15, 0.2) is 36.5 Å². The van der Waals surface area contributed by atoms with Crippen molar-refractivity contribution in [2.45, 2.75) is 13.0 Å². The summed E-state index contributed by atoms with van der Waals surface area (Å²) in [4.78, 5) is 34.6. The van der Waals surface area contributed by atoms with Gasteiger partial charge >= 0.3 is 12.0 Å². The molecule has 3 amide bonds. The Kier molecular flexibility index (Phi) is 5.41. The summed E-state index contributed by atoms with van der Waals surface area (Å²) in [6.07, 6.45) is 0. The lowest BCUT2D eigenvalue weighted by Crippen LogP contribution is -2.51. The molecule has 0 aromatic heterocycles. The number of urea groups is 1. The fourth-order valence-electron chi connectivity index (χ4n) is 2.40. The highest BCUT2D eigenvalue weighted by Gasteiger charge is 2.38. The van der Waals surface area contributed by atoms with Gasteiger partial charge in [-0.15, -0.1) is 0 Å². The third-order valence-corrected chi connectivity index (χ3v) is 3.43. The van der Waals surface area contributed by atoms with E-state index < -0.39 is 29.9 Å². The van der Waals surface area contributed by atoms with Crippen molar-refractivity contribution in [3.05, 3.63) is 42.1 Å². The van der Waals surface area contributed by atoms with Crippen LogP contribution in [0.2, 0.25) is 0 Å². The molecule has 8 nitrogen and oxygen atoms in total.